The largest absolute Gasteiger partial charge is 0.503 e. The molecule has 86 valence electrons. The number of aromatic hydroxyl groups is 1. The van der Waals surface area contributed by atoms with Gasteiger partial charge in [0.15, 0.2) is 11.5 Å². The summed E-state index contributed by atoms with van der Waals surface area (Å²) in [5, 5.41) is 22.1. The highest BCUT2D eigenvalue weighted by Crippen LogP contribution is 2.36. The minimum absolute atomic E-state index is 0.0972. The summed E-state index contributed by atoms with van der Waals surface area (Å²) in [6.07, 6.45) is 1.43. The Kier molecular flexibility index (Phi) is 2.58. The molecule has 0 radical (unpaired) electrons. The molecule has 1 aromatic carbocycles. The Labute approximate surface area is 96.8 Å². The van der Waals surface area contributed by atoms with Crippen LogP contribution < -0.4 is 10.5 Å². The first-order valence-electron chi connectivity index (χ1n) is 4.69. The summed E-state index contributed by atoms with van der Waals surface area (Å²) in [7, 11) is 1.40. The zero-order chi connectivity index (χ0) is 12.4. The van der Waals surface area contributed by atoms with E-state index < -0.39 is 0 Å². The molecule has 6 nitrogen and oxygen atoms in total. The van der Waals surface area contributed by atoms with Crippen LogP contribution in [0.5, 0.6) is 11.5 Å². The number of phenols is 1. The molecule has 0 saturated heterocycles. The van der Waals surface area contributed by atoms with Crippen LogP contribution in [0.1, 0.15) is 5.56 Å². The van der Waals surface area contributed by atoms with Gasteiger partial charge in [0.1, 0.15) is 6.07 Å². The van der Waals surface area contributed by atoms with Gasteiger partial charge < -0.3 is 20.1 Å². The maximum absolute atomic E-state index is 9.66. The van der Waals surface area contributed by atoms with E-state index in [9.17, 15) is 5.11 Å². The van der Waals surface area contributed by atoms with Gasteiger partial charge in [-0.15, -0.1) is 0 Å². The summed E-state index contributed by atoms with van der Waals surface area (Å²) in [6, 6.07) is 4.91. The third-order valence-electron chi connectivity index (χ3n) is 2.32. The molecule has 0 unspecified atom stereocenters. The Hall–Kier alpha value is -2.68. The van der Waals surface area contributed by atoms with Gasteiger partial charge in [0.25, 0.3) is 0 Å². The second-order valence-electron chi connectivity index (χ2n) is 3.29. The number of nitrogens with zero attached hydrogens (tertiary/aromatic N) is 2. The van der Waals surface area contributed by atoms with Crippen molar-refractivity contribution in [3.05, 3.63) is 23.9 Å². The number of anilines is 1. The van der Waals surface area contributed by atoms with Crippen molar-refractivity contribution in [2.45, 2.75) is 0 Å². The molecule has 0 fully saturated rings. The molecule has 3 N–H and O–H groups in total. The van der Waals surface area contributed by atoms with Gasteiger partial charge in [-0.05, 0) is 17.7 Å². The van der Waals surface area contributed by atoms with Crippen LogP contribution in [0.2, 0.25) is 0 Å². The molecule has 1 aromatic heterocycles. The molecule has 2 rings (SSSR count). The van der Waals surface area contributed by atoms with Gasteiger partial charge in [0, 0.05) is 0 Å². The normalized spacial score (nSPS) is 9.88. The van der Waals surface area contributed by atoms with E-state index in [0.29, 0.717) is 11.1 Å². The number of rotatable bonds is 2. The molecular formula is C11H9N3O3. The van der Waals surface area contributed by atoms with Crippen LogP contribution in [0.25, 0.3) is 11.1 Å². The first kappa shape index (κ1) is 10.8. The zero-order valence-electron chi connectivity index (χ0n) is 8.97. The van der Waals surface area contributed by atoms with Crippen LogP contribution in [-0.2, 0) is 0 Å². The second kappa shape index (κ2) is 4.06. The van der Waals surface area contributed by atoms with E-state index in [0.717, 1.165) is 0 Å². The number of ether oxygens (including phenoxy) is 1. The fraction of sp³-hybridized carbons (Fsp3) is 0.0909. The van der Waals surface area contributed by atoms with Crippen molar-refractivity contribution in [3.8, 4) is 28.7 Å². The van der Waals surface area contributed by atoms with Gasteiger partial charge in [0.2, 0.25) is 5.88 Å². The van der Waals surface area contributed by atoms with Gasteiger partial charge in [-0.1, -0.05) is 5.16 Å². The number of phenolic OH excluding ortho intramolecular Hbond substituents is 1. The number of nitrogen functional groups attached to an aromatic ring is 1. The number of hydrogen-bond acceptors (Lipinski definition) is 6. The molecule has 0 aliphatic heterocycles. The molecule has 0 aliphatic rings. The predicted octanol–water partition coefficient (Wildman–Crippen LogP) is 1.51. The van der Waals surface area contributed by atoms with Gasteiger partial charge in [-0.3, -0.25) is 0 Å². The summed E-state index contributed by atoms with van der Waals surface area (Å²) in [5.41, 5.74) is 6.81. The summed E-state index contributed by atoms with van der Waals surface area (Å²) >= 11 is 0. The van der Waals surface area contributed by atoms with Crippen molar-refractivity contribution in [2.75, 3.05) is 12.8 Å². The standard InChI is InChI=1S/C11H9N3O3/c1-16-9-3-6(2-7(4-12)10(9)15)8-5-14-17-11(8)13/h2-3,5,15H,13H2,1H3. The summed E-state index contributed by atoms with van der Waals surface area (Å²) in [6.45, 7) is 0. The van der Waals surface area contributed by atoms with Crippen LogP contribution in [-0.4, -0.2) is 17.4 Å². The lowest BCUT2D eigenvalue weighted by molar-refractivity contribution is 0.373. The van der Waals surface area contributed by atoms with Gasteiger partial charge in [-0.2, -0.15) is 5.26 Å². The zero-order valence-corrected chi connectivity index (χ0v) is 8.97. The van der Waals surface area contributed by atoms with Gasteiger partial charge >= 0.3 is 0 Å². The Morgan fingerprint density at radius 3 is 2.82 bits per heavy atom. The topological polar surface area (TPSA) is 105 Å². The molecule has 0 bridgehead atoms. The highest BCUT2D eigenvalue weighted by Gasteiger charge is 2.14. The van der Waals surface area contributed by atoms with E-state index in [1.807, 2.05) is 6.07 Å². The van der Waals surface area contributed by atoms with E-state index in [1.165, 1.54) is 19.4 Å². The van der Waals surface area contributed by atoms with Crippen LogP contribution in [0.4, 0.5) is 5.88 Å². The van der Waals surface area contributed by atoms with Crippen molar-refractivity contribution >= 4 is 5.88 Å². The summed E-state index contributed by atoms with van der Waals surface area (Å²) in [5.74, 6) is 0.134. The van der Waals surface area contributed by atoms with Crippen LogP contribution in [0.3, 0.4) is 0 Å². The predicted molar refractivity (Wildman–Crippen MR) is 59.3 cm³/mol. The lowest BCUT2D eigenvalue weighted by Crippen LogP contribution is -1.90. The lowest BCUT2D eigenvalue weighted by Gasteiger charge is -2.07. The van der Waals surface area contributed by atoms with E-state index in [2.05, 4.69) is 5.16 Å². The maximum Gasteiger partial charge on any atom is 0.229 e. The third-order valence-corrected chi connectivity index (χ3v) is 2.32. The number of hydrogen-bond donors (Lipinski definition) is 2. The first-order chi connectivity index (χ1) is 8.17. The van der Waals surface area contributed by atoms with E-state index in [4.69, 9.17) is 20.3 Å². The monoisotopic (exact) mass is 231 g/mol. The second-order valence-corrected chi connectivity index (χ2v) is 3.29. The highest BCUT2D eigenvalue weighted by atomic mass is 16.5. The number of aromatic nitrogens is 1. The third kappa shape index (κ3) is 1.74. The molecule has 17 heavy (non-hydrogen) atoms. The van der Waals surface area contributed by atoms with Gasteiger partial charge in [-0.25, -0.2) is 0 Å². The Morgan fingerprint density at radius 2 is 2.29 bits per heavy atom. The quantitative estimate of drug-likeness (QED) is 0.811. The average molecular weight is 231 g/mol. The fourth-order valence-corrected chi connectivity index (χ4v) is 1.47. The molecule has 0 amide bonds. The molecule has 0 aliphatic carbocycles. The SMILES string of the molecule is COc1cc(-c2cnoc2N)cc(C#N)c1O. The summed E-state index contributed by atoms with van der Waals surface area (Å²) in [4.78, 5) is 0. The Morgan fingerprint density at radius 1 is 1.53 bits per heavy atom. The summed E-state index contributed by atoms with van der Waals surface area (Å²) < 4.78 is 9.71. The van der Waals surface area contributed by atoms with Crippen LogP contribution in [0.15, 0.2) is 22.9 Å². The smallest absolute Gasteiger partial charge is 0.229 e. The highest BCUT2D eigenvalue weighted by molar-refractivity contribution is 5.76. The fourth-order valence-electron chi connectivity index (χ4n) is 1.47. The van der Waals surface area contributed by atoms with E-state index in [1.54, 1.807) is 6.07 Å². The number of nitrogens with two attached hydrogens (primary N) is 1. The molecule has 6 heteroatoms. The molecule has 1 heterocycles. The average Bonchev–Trinajstić information content (AvgIpc) is 2.76. The Bertz CT molecular complexity index is 598. The van der Waals surface area contributed by atoms with Crippen LogP contribution >= 0.6 is 0 Å². The van der Waals surface area contributed by atoms with Crippen molar-refractivity contribution in [1.29, 1.82) is 5.26 Å². The van der Waals surface area contributed by atoms with E-state index >= 15 is 0 Å². The minimum Gasteiger partial charge on any atom is -0.503 e. The van der Waals surface area contributed by atoms with Crippen LogP contribution in [0, 0.1) is 11.3 Å². The minimum atomic E-state index is -0.200. The number of nitriles is 1. The molecular weight excluding hydrogens is 222 g/mol. The van der Waals surface area contributed by atoms with Crippen molar-refractivity contribution in [3.63, 3.8) is 0 Å². The maximum atomic E-state index is 9.66. The lowest BCUT2D eigenvalue weighted by atomic mass is 10.0. The van der Waals surface area contributed by atoms with Crippen molar-refractivity contribution in [1.82, 2.24) is 5.16 Å². The number of methoxy groups -OCH3 is 1. The number of benzene rings is 1. The first-order valence-corrected chi connectivity index (χ1v) is 4.69. The van der Waals surface area contributed by atoms with Crippen molar-refractivity contribution in [2.24, 2.45) is 0 Å². The molecule has 0 atom stereocenters. The van der Waals surface area contributed by atoms with E-state index in [-0.39, 0.29) is 22.9 Å². The van der Waals surface area contributed by atoms with Gasteiger partial charge in [0.05, 0.1) is 24.4 Å². The molecule has 2 aromatic rings. The Balaban J connectivity index is 2.65. The molecule has 0 saturated carbocycles. The molecule has 0 spiro atoms. The van der Waals surface area contributed by atoms with Crippen molar-refractivity contribution < 1.29 is 14.4 Å².